The van der Waals surface area contributed by atoms with Gasteiger partial charge in [-0.25, -0.2) is 0 Å². The average molecular weight is 230 g/mol. The molecule has 1 aromatic carbocycles. The van der Waals surface area contributed by atoms with Gasteiger partial charge >= 0.3 is 0 Å². The predicted molar refractivity (Wildman–Crippen MR) is 67.4 cm³/mol. The molecular weight excluding hydrogens is 212 g/mol. The molecule has 0 fully saturated rings. The highest BCUT2D eigenvalue weighted by atomic mass is 16.5. The number of ether oxygens (including phenoxy) is 2. The maximum atomic E-state index is 5.80. The van der Waals surface area contributed by atoms with Gasteiger partial charge in [0.25, 0.3) is 0 Å². The van der Waals surface area contributed by atoms with Gasteiger partial charge in [0, 0.05) is 11.0 Å². The van der Waals surface area contributed by atoms with Crippen molar-refractivity contribution >= 4 is 0 Å². The number of hydrogen-bond donors (Lipinski definition) is 0. The van der Waals surface area contributed by atoms with Crippen molar-refractivity contribution < 1.29 is 9.47 Å². The molecule has 0 aliphatic carbocycles. The summed E-state index contributed by atoms with van der Waals surface area (Å²) in [5.74, 6) is 1.06. The molecule has 0 saturated carbocycles. The van der Waals surface area contributed by atoms with Crippen LogP contribution in [0.4, 0.5) is 0 Å². The van der Waals surface area contributed by atoms with Crippen molar-refractivity contribution in [2.45, 2.75) is 25.2 Å². The van der Waals surface area contributed by atoms with E-state index in [2.05, 4.69) is 31.2 Å². The summed E-state index contributed by atoms with van der Waals surface area (Å²) in [6.45, 7) is 4.73. The molecule has 1 aromatic rings. The lowest BCUT2D eigenvalue weighted by atomic mass is 9.78. The van der Waals surface area contributed by atoms with E-state index in [1.165, 1.54) is 11.1 Å². The highest BCUT2D eigenvalue weighted by Gasteiger charge is 2.36. The van der Waals surface area contributed by atoms with Crippen LogP contribution in [0.25, 0.3) is 0 Å². The third-order valence-electron chi connectivity index (χ3n) is 3.76. The van der Waals surface area contributed by atoms with Gasteiger partial charge in [-0.2, -0.15) is 0 Å². The molecule has 2 aliphatic rings. The van der Waals surface area contributed by atoms with Crippen LogP contribution in [-0.2, 0) is 10.2 Å². The van der Waals surface area contributed by atoms with Crippen molar-refractivity contribution in [3.63, 3.8) is 0 Å². The van der Waals surface area contributed by atoms with Crippen molar-refractivity contribution in [1.29, 1.82) is 0 Å². The van der Waals surface area contributed by atoms with Crippen LogP contribution in [0.15, 0.2) is 35.9 Å². The lowest BCUT2D eigenvalue weighted by Crippen LogP contribution is -2.25. The minimum Gasteiger partial charge on any atom is -0.492 e. The van der Waals surface area contributed by atoms with Crippen molar-refractivity contribution in [1.82, 2.24) is 0 Å². The Morgan fingerprint density at radius 2 is 2.18 bits per heavy atom. The lowest BCUT2D eigenvalue weighted by Gasteiger charge is -2.26. The van der Waals surface area contributed by atoms with Crippen LogP contribution >= 0.6 is 0 Å². The molecule has 1 atom stereocenters. The molecule has 3 rings (SSSR count). The number of rotatable bonds is 2. The zero-order chi connectivity index (χ0) is 11.7. The number of hydrogen-bond acceptors (Lipinski definition) is 2. The average Bonchev–Trinajstić information content (AvgIpc) is 2.69. The van der Waals surface area contributed by atoms with E-state index in [9.17, 15) is 0 Å². The Bertz CT molecular complexity index is 450. The van der Waals surface area contributed by atoms with E-state index in [1.54, 1.807) is 0 Å². The quantitative estimate of drug-likeness (QED) is 0.727. The van der Waals surface area contributed by atoms with E-state index in [0.29, 0.717) is 0 Å². The van der Waals surface area contributed by atoms with Gasteiger partial charge in [-0.3, -0.25) is 0 Å². The molecule has 0 aromatic heterocycles. The van der Waals surface area contributed by atoms with E-state index in [1.807, 2.05) is 6.07 Å². The summed E-state index contributed by atoms with van der Waals surface area (Å²) in [6.07, 6.45) is 4.39. The lowest BCUT2D eigenvalue weighted by molar-refractivity contribution is 0.151. The van der Waals surface area contributed by atoms with E-state index >= 15 is 0 Å². The molecule has 0 amide bonds. The predicted octanol–water partition coefficient (Wildman–Crippen LogP) is 3.07. The number of benzene rings is 1. The molecule has 0 bridgehead atoms. The van der Waals surface area contributed by atoms with Crippen molar-refractivity contribution in [3.05, 3.63) is 41.5 Å². The smallest absolute Gasteiger partial charge is 0.123 e. The second-order valence-electron chi connectivity index (χ2n) is 5.21. The summed E-state index contributed by atoms with van der Waals surface area (Å²) >= 11 is 0. The van der Waals surface area contributed by atoms with Crippen molar-refractivity contribution in [3.8, 4) is 5.75 Å². The Morgan fingerprint density at radius 1 is 1.29 bits per heavy atom. The van der Waals surface area contributed by atoms with E-state index < -0.39 is 0 Å². The topological polar surface area (TPSA) is 18.5 Å². The zero-order valence-electron chi connectivity index (χ0n) is 10.2. The van der Waals surface area contributed by atoms with Crippen LogP contribution in [-0.4, -0.2) is 19.8 Å². The molecule has 0 N–H and O–H groups in total. The summed E-state index contributed by atoms with van der Waals surface area (Å²) in [7, 11) is 0. The maximum Gasteiger partial charge on any atom is 0.123 e. The van der Waals surface area contributed by atoms with Gasteiger partial charge in [-0.1, -0.05) is 36.8 Å². The van der Waals surface area contributed by atoms with Crippen molar-refractivity contribution in [2.24, 2.45) is 0 Å². The molecule has 2 nitrogen and oxygen atoms in total. The molecule has 0 spiro atoms. The second-order valence-corrected chi connectivity index (χ2v) is 5.21. The Labute approximate surface area is 102 Å². The van der Waals surface area contributed by atoms with Gasteiger partial charge in [0.05, 0.1) is 19.8 Å². The van der Waals surface area contributed by atoms with Gasteiger partial charge in [0.15, 0.2) is 0 Å². The summed E-state index contributed by atoms with van der Waals surface area (Å²) in [5, 5.41) is 0. The van der Waals surface area contributed by atoms with Gasteiger partial charge in [0.1, 0.15) is 5.75 Å². The number of fused-ring (bicyclic) bond motifs is 1. The first-order valence-corrected chi connectivity index (χ1v) is 6.26. The van der Waals surface area contributed by atoms with Crippen molar-refractivity contribution in [2.75, 3.05) is 19.8 Å². The van der Waals surface area contributed by atoms with Crippen LogP contribution in [0.1, 0.15) is 25.3 Å². The van der Waals surface area contributed by atoms with E-state index in [4.69, 9.17) is 9.47 Å². The Balaban J connectivity index is 1.85. The Kier molecular flexibility index (Phi) is 2.67. The van der Waals surface area contributed by atoms with Crippen LogP contribution in [0.2, 0.25) is 0 Å². The molecule has 0 radical (unpaired) electrons. The molecule has 2 aliphatic heterocycles. The third kappa shape index (κ3) is 1.98. The summed E-state index contributed by atoms with van der Waals surface area (Å²) in [5.41, 5.74) is 3.01. The largest absolute Gasteiger partial charge is 0.492 e. The molecule has 17 heavy (non-hydrogen) atoms. The van der Waals surface area contributed by atoms with E-state index in [0.717, 1.165) is 38.4 Å². The van der Waals surface area contributed by atoms with Crippen LogP contribution in [0, 0.1) is 0 Å². The van der Waals surface area contributed by atoms with Gasteiger partial charge in [-0.05, 0) is 18.9 Å². The first-order valence-electron chi connectivity index (χ1n) is 6.26. The fourth-order valence-corrected chi connectivity index (χ4v) is 2.78. The minimum absolute atomic E-state index is 0.139. The normalized spacial score (nSPS) is 27.2. The van der Waals surface area contributed by atoms with Gasteiger partial charge in [0.2, 0.25) is 0 Å². The molecule has 90 valence electrons. The summed E-state index contributed by atoms with van der Waals surface area (Å²) in [4.78, 5) is 0. The highest BCUT2D eigenvalue weighted by molar-refractivity contribution is 5.44. The molecule has 0 unspecified atom stereocenters. The van der Waals surface area contributed by atoms with Gasteiger partial charge in [-0.15, -0.1) is 0 Å². The standard InChI is InChI=1S/C15H18O2/c1-15(10-12-6-8-16-9-7-12)11-17-14-5-3-2-4-13(14)15/h2-6H,7-11H2,1H3/t15-/m0/s1. The van der Waals surface area contributed by atoms with E-state index in [-0.39, 0.29) is 5.41 Å². The molecule has 2 heterocycles. The Hall–Kier alpha value is -1.28. The molecule has 2 heteroatoms. The fourth-order valence-electron chi connectivity index (χ4n) is 2.78. The minimum atomic E-state index is 0.139. The monoisotopic (exact) mass is 230 g/mol. The molecular formula is C15H18O2. The second kappa shape index (κ2) is 4.19. The maximum absolute atomic E-state index is 5.80. The number of para-hydroxylation sites is 1. The summed E-state index contributed by atoms with van der Waals surface area (Å²) < 4.78 is 11.2. The van der Waals surface area contributed by atoms with Gasteiger partial charge < -0.3 is 9.47 Å². The highest BCUT2D eigenvalue weighted by Crippen LogP contribution is 2.42. The Morgan fingerprint density at radius 3 is 3.00 bits per heavy atom. The van der Waals surface area contributed by atoms with Crippen LogP contribution in [0.5, 0.6) is 5.75 Å². The first-order chi connectivity index (χ1) is 8.28. The van der Waals surface area contributed by atoms with Crippen LogP contribution < -0.4 is 4.74 Å². The zero-order valence-corrected chi connectivity index (χ0v) is 10.2. The molecule has 0 saturated heterocycles. The fraction of sp³-hybridized carbons (Fsp3) is 0.467. The first kappa shape index (κ1) is 10.8. The summed E-state index contributed by atoms with van der Waals surface area (Å²) in [6, 6.07) is 8.41. The third-order valence-corrected chi connectivity index (χ3v) is 3.76. The SMILES string of the molecule is C[C@]1(CC2=CCOCC2)COc2ccccc21. The van der Waals surface area contributed by atoms with Crippen LogP contribution in [0.3, 0.4) is 0 Å².